The van der Waals surface area contributed by atoms with Crippen LogP contribution in [0, 0.1) is 0 Å². The van der Waals surface area contributed by atoms with Crippen molar-refractivity contribution in [1.29, 1.82) is 0 Å². The van der Waals surface area contributed by atoms with E-state index in [9.17, 15) is 4.79 Å². The lowest BCUT2D eigenvalue weighted by atomic mass is 10.2. The Kier molecular flexibility index (Phi) is 12.0. The molecule has 1 saturated heterocycles. The summed E-state index contributed by atoms with van der Waals surface area (Å²) in [6.07, 6.45) is 3.50. The summed E-state index contributed by atoms with van der Waals surface area (Å²) >= 11 is 0. The van der Waals surface area contributed by atoms with Crippen LogP contribution >= 0.6 is 0 Å². The van der Waals surface area contributed by atoms with E-state index >= 15 is 0 Å². The number of hydrogen-bond donors (Lipinski definition) is 2. The van der Waals surface area contributed by atoms with Crippen LogP contribution in [0.25, 0.3) is 0 Å². The smallest absolute Gasteiger partial charge is 0.243 e. The molecule has 1 aliphatic heterocycles. The van der Waals surface area contributed by atoms with E-state index in [1.54, 1.807) is 26.1 Å². The molecule has 0 aromatic heterocycles. The third-order valence-electron chi connectivity index (χ3n) is 4.96. The number of guanidine groups is 1. The summed E-state index contributed by atoms with van der Waals surface area (Å²) in [6, 6.07) is 0.545. The number of likely N-dealkylation sites (tertiary alicyclic amines) is 1. The first kappa shape index (κ1) is 23.7. The van der Waals surface area contributed by atoms with E-state index in [-0.39, 0.29) is 12.5 Å². The van der Waals surface area contributed by atoms with Crippen LogP contribution in [0.5, 0.6) is 0 Å². The molecule has 1 aliphatic rings. The second-order valence-electron chi connectivity index (χ2n) is 7.33. The first-order valence-electron chi connectivity index (χ1n) is 10.1. The Morgan fingerprint density at radius 2 is 2.04 bits per heavy atom. The zero-order chi connectivity index (χ0) is 20.1. The molecule has 27 heavy (non-hydrogen) atoms. The van der Waals surface area contributed by atoms with Gasteiger partial charge >= 0.3 is 0 Å². The molecule has 1 unspecified atom stereocenters. The second-order valence-corrected chi connectivity index (χ2v) is 7.33. The quantitative estimate of drug-likeness (QED) is 0.282. The average Bonchev–Trinajstić information content (AvgIpc) is 3.10. The minimum absolute atomic E-state index is 0.00355. The molecule has 0 aromatic carbocycles. The van der Waals surface area contributed by atoms with Crippen LogP contribution in [0.1, 0.15) is 26.2 Å². The lowest BCUT2D eigenvalue weighted by molar-refractivity contribution is -0.127. The van der Waals surface area contributed by atoms with Crippen molar-refractivity contribution in [1.82, 2.24) is 25.3 Å². The summed E-state index contributed by atoms with van der Waals surface area (Å²) in [6.45, 7) is 8.97. The molecule has 0 radical (unpaired) electrons. The zero-order valence-electron chi connectivity index (χ0n) is 18.0. The minimum atomic E-state index is 0.00355. The lowest BCUT2D eigenvalue weighted by Gasteiger charge is -2.24. The number of carbonyl (C=O) groups is 1. The average molecular weight is 385 g/mol. The third kappa shape index (κ3) is 9.93. The number of ether oxygens (including phenoxy) is 1. The second kappa shape index (κ2) is 13.7. The summed E-state index contributed by atoms with van der Waals surface area (Å²) in [5.74, 6) is 0.724. The van der Waals surface area contributed by atoms with Crippen molar-refractivity contribution in [2.75, 3.05) is 80.7 Å². The standard InChI is InChI=1S/C19H40N6O2/c1-6-25-12-7-9-17(25)15-21-19(22-16-18(26)23(2)3)20-10-13-24(4)11-8-14-27-5/h17H,6-16H2,1-5H3,(H2,20,21,22). The topological polar surface area (TPSA) is 72.4 Å². The number of carbonyl (C=O) groups excluding carboxylic acids is 1. The maximum Gasteiger partial charge on any atom is 0.243 e. The van der Waals surface area contributed by atoms with Crippen molar-refractivity contribution in [2.24, 2.45) is 4.99 Å². The molecular weight excluding hydrogens is 344 g/mol. The molecule has 0 aliphatic carbocycles. The van der Waals surface area contributed by atoms with Crippen molar-refractivity contribution in [2.45, 2.75) is 32.2 Å². The van der Waals surface area contributed by atoms with Crippen molar-refractivity contribution in [3.8, 4) is 0 Å². The van der Waals surface area contributed by atoms with Crippen molar-refractivity contribution >= 4 is 11.9 Å². The van der Waals surface area contributed by atoms with Gasteiger partial charge in [0.25, 0.3) is 0 Å². The fourth-order valence-electron chi connectivity index (χ4n) is 3.18. The Bertz CT molecular complexity index is 444. The molecule has 8 heteroatoms. The highest BCUT2D eigenvalue weighted by molar-refractivity contribution is 5.84. The van der Waals surface area contributed by atoms with Gasteiger partial charge < -0.3 is 25.2 Å². The number of methoxy groups -OCH3 is 1. The summed E-state index contributed by atoms with van der Waals surface area (Å²) in [5.41, 5.74) is 0. The summed E-state index contributed by atoms with van der Waals surface area (Å²) in [4.78, 5) is 22.7. The fourth-order valence-corrected chi connectivity index (χ4v) is 3.18. The van der Waals surface area contributed by atoms with E-state index in [2.05, 4.69) is 39.4 Å². The van der Waals surface area contributed by atoms with E-state index in [1.165, 1.54) is 19.4 Å². The molecule has 0 bridgehead atoms. The van der Waals surface area contributed by atoms with E-state index < -0.39 is 0 Å². The summed E-state index contributed by atoms with van der Waals surface area (Å²) < 4.78 is 5.10. The van der Waals surface area contributed by atoms with E-state index in [0.29, 0.717) is 6.04 Å². The van der Waals surface area contributed by atoms with E-state index in [4.69, 9.17) is 4.74 Å². The van der Waals surface area contributed by atoms with Gasteiger partial charge in [-0.15, -0.1) is 0 Å². The lowest BCUT2D eigenvalue weighted by Crippen LogP contribution is -2.46. The molecule has 0 spiro atoms. The van der Waals surface area contributed by atoms with Gasteiger partial charge in [0.2, 0.25) is 5.91 Å². The molecule has 1 amide bonds. The predicted octanol–water partition coefficient (Wildman–Crippen LogP) is 0.0624. The van der Waals surface area contributed by atoms with Crippen molar-refractivity contribution in [3.05, 3.63) is 0 Å². The molecule has 1 fully saturated rings. The van der Waals surface area contributed by atoms with Crippen LogP contribution in [0.2, 0.25) is 0 Å². The van der Waals surface area contributed by atoms with Gasteiger partial charge in [0.1, 0.15) is 6.54 Å². The van der Waals surface area contributed by atoms with E-state index in [0.717, 1.165) is 51.7 Å². The zero-order valence-corrected chi connectivity index (χ0v) is 18.0. The molecule has 1 rings (SSSR count). The highest BCUT2D eigenvalue weighted by atomic mass is 16.5. The number of rotatable bonds is 12. The third-order valence-corrected chi connectivity index (χ3v) is 4.96. The number of likely N-dealkylation sites (N-methyl/N-ethyl adjacent to an activating group) is 3. The molecule has 158 valence electrons. The molecule has 0 saturated carbocycles. The first-order valence-corrected chi connectivity index (χ1v) is 10.1. The molecular formula is C19H40N6O2. The largest absolute Gasteiger partial charge is 0.385 e. The Labute approximate surface area is 165 Å². The van der Waals surface area contributed by atoms with Gasteiger partial charge in [-0.05, 0) is 39.4 Å². The van der Waals surface area contributed by atoms with Crippen LogP contribution in [0.3, 0.4) is 0 Å². The number of aliphatic imine (C=N–C) groups is 1. The minimum Gasteiger partial charge on any atom is -0.385 e. The molecule has 8 nitrogen and oxygen atoms in total. The van der Waals surface area contributed by atoms with E-state index in [1.807, 2.05) is 0 Å². The maximum absolute atomic E-state index is 11.9. The first-order chi connectivity index (χ1) is 13.0. The van der Waals surface area contributed by atoms with Crippen molar-refractivity contribution < 1.29 is 9.53 Å². The van der Waals surface area contributed by atoms with Gasteiger partial charge in [-0.3, -0.25) is 9.69 Å². The Hall–Kier alpha value is -1.38. The predicted molar refractivity (Wildman–Crippen MR) is 111 cm³/mol. The molecule has 1 atom stereocenters. The number of nitrogens with one attached hydrogen (secondary N) is 2. The maximum atomic E-state index is 11.9. The van der Waals surface area contributed by atoms with Crippen LogP contribution < -0.4 is 10.6 Å². The van der Waals surface area contributed by atoms with Gasteiger partial charge in [0, 0.05) is 60.0 Å². The Morgan fingerprint density at radius 3 is 2.70 bits per heavy atom. The number of amides is 1. The van der Waals surface area contributed by atoms with Gasteiger partial charge in [0.15, 0.2) is 5.96 Å². The van der Waals surface area contributed by atoms with Crippen LogP contribution in [-0.4, -0.2) is 113 Å². The number of nitrogens with zero attached hydrogens (tertiary/aromatic N) is 4. The Morgan fingerprint density at radius 1 is 1.26 bits per heavy atom. The van der Waals surface area contributed by atoms with Gasteiger partial charge in [0.05, 0.1) is 0 Å². The molecule has 0 aromatic rings. The number of hydrogen-bond acceptors (Lipinski definition) is 5. The van der Waals surface area contributed by atoms with Crippen LogP contribution in [0.4, 0.5) is 0 Å². The highest BCUT2D eigenvalue weighted by Crippen LogP contribution is 2.15. The summed E-state index contributed by atoms with van der Waals surface area (Å²) in [5, 5.41) is 6.80. The van der Waals surface area contributed by atoms with Gasteiger partial charge in [-0.25, -0.2) is 4.99 Å². The van der Waals surface area contributed by atoms with Gasteiger partial charge in [-0.1, -0.05) is 6.92 Å². The molecule has 2 N–H and O–H groups in total. The SMILES string of the molecule is CCN1CCCC1CNC(=NCC(=O)N(C)C)NCCN(C)CCCOC. The van der Waals surface area contributed by atoms with Gasteiger partial charge in [-0.2, -0.15) is 0 Å². The summed E-state index contributed by atoms with van der Waals surface area (Å²) in [7, 11) is 7.35. The van der Waals surface area contributed by atoms with Crippen molar-refractivity contribution in [3.63, 3.8) is 0 Å². The molecule has 1 heterocycles. The normalized spacial score (nSPS) is 18.1. The Balaban J connectivity index is 2.47. The monoisotopic (exact) mass is 384 g/mol. The van der Waals surface area contributed by atoms with Crippen LogP contribution in [-0.2, 0) is 9.53 Å². The van der Waals surface area contributed by atoms with Crippen LogP contribution in [0.15, 0.2) is 4.99 Å². The highest BCUT2D eigenvalue weighted by Gasteiger charge is 2.22. The fraction of sp³-hybridized carbons (Fsp3) is 0.895.